The number of hydrogen-bond donors (Lipinski definition) is 2. The summed E-state index contributed by atoms with van der Waals surface area (Å²) in [5, 5.41) is 2.87. The molecular formula is C13H18F3N3O. The second-order valence-corrected chi connectivity index (χ2v) is 5.21. The summed E-state index contributed by atoms with van der Waals surface area (Å²) in [4.78, 5) is 14.8. The van der Waals surface area contributed by atoms with Gasteiger partial charge in [0, 0.05) is 5.54 Å². The Morgan fingerprint density at radius 1 is 1.35 bits per heavy atom. The van der Waals surface area contributed by atoms with Crippen LogP contribution < -0.4 is 11.1 Å². The van der Waals surface area contributed by atoms with E-state index in [-0.39, 0.29) is 11.4 Å². The monoisotopic (exact) mass is 289 g/mol. The summed E-state index contributed by atoms with van der Waals surface area (Å²) in [6.45, 7) is 5.60. The number of rotatable bonds is 5. The van der Waals surface area contributed by atoms with Gasteiger partial charge in [0.15, 0.2) is 0 Å². The fourth-order valence-electron chi connectivity index (χ4n) is 1.92. The van der Waals surface area contributed by atoms with Gasteiger partial charge in [0.25, 0.3) is 5.91 Å². The number of amides is 1. The number of hydrogen-bond acceptors (Lipinski definition) is 3. The molecule has 0 saturated carbocycles. The number of halogens is 3. The highest BCUT2D eigenvalue weighted by molar-refractivity contribution is 5.97. The highest BCUT2D eigenvalue weighted by Gasteiger charge is 2.34. The van der Waals surface area contributed by atoms with Gasteiger partial charge in [0.05, 0.1) is 5.56 Å². The Labute approximate surface area is 115 Å². The van der Waals surface area contributed by atoms with Gasteiger partial charge in [-0.25, -0.2) is 4.98 Å². The number of aromatic nitrogens is 1. The molecule has 112 valence electrons. The lowest BCUT2D eigenvalue weighted by Gasteiger charge is -2.27. The molecule has 1 heterocycles. The van der Waals surface area contributed by atoms with Crippen LogP contribution in [-0.2, 0) is 6.18 Å². The second kappa shape index (κ2) is 5.68. The third kappa shape index (κ3) is 4.11. The maximum atomic E-state index is 12.7. The Morgan fingerprint density at radius 3 is 2.40 bits per heavy atom. The van der Waals surface area contributed by atoms with E-state index in [1.165, 1.54) is 0 Å². The van der Waals surface area contributed by atoms with Gasteiger partial charge in [-0.1, -0.05) is 13.3 Å². The molecule has 0 saturated heterocycles. The standard InChI is InChI=1S/C13H18F3N3O/c1-4-7-12(2,3)19-11-8(10(17)20)5-6-9(18-11)13(14,15)16/h5-6H,4,7H2,1-3H3,(H2,17,20)(H,18,19). The molecule has 1 rings (SSSR count). The molecule has 0 bridgehead atoms. The van der Waals surface area contributed by atoms with E-state index in [1.54, 1.807) is 0 Å². The van der Waals surface area contributed by atoms with Crippen molar-refractivity contribution >= 4 is 11.7 Å². The van der Waals surface area contributed by atoms with E-state index in [0.29, 0.717) is 6.42 Å². The van der Waals surface area contributed by atoms with Crippen molar-refractivity contribution in [1.29, 1.82) is 0 Å². The Hall–Kier alpha value is -1.79. The van der Waals surface area contributed by atoms with Crippen molar-refractivity contribution in [2.45, 2.75) is 45.3 Å². The summed E-state index contributed by atoms with van der Waals surface area (Å²) in [6, 6.07) is 1.79. The summed E-state index contributed by atoms with van der Waals surface area (Å²) >= 11 is 0. The Morgan fingerprint density at radius 2 is 1.95 bits per heavy atom. The molecule has 0 aliphatic rings. The number of carbonyl (C=O) groups is 1. The molecule has 0 unspecified atom stereocenters. The van der Waals surface area contributed by atoms with Crippen LogP contribution in [0.25, 0.3) is 0 Å². The van der Waals surface area contributed by atoms with E-state index in [0.717, 1.165) is 18.6 Å². The molecule has 3 N–H and O–H groups in total. The fourth-order valence-corrected chi connectivity index (χ4v) is 1.92. The van der Waals surface area contributed by atoms with Crippen LogP contribution in [0.1, 0.15) is 49.7 Å². The number of pyridine rings is 1. The summed E-state index contributed by atoms with van der Waals surface area (Å²) in [5.41, 5.74) is 3.56. The predicted molar refractivity (Wildman–Crippen MR) is 70.4 cm³/mol. The van der Waals surface area contributed by atoms with Gasteiger partial charge in [0.2, 0.25) is 0 Å². The summed E-state index contributed by atoms with van der Waals surface area (Å²) < 4.78 is 38.0. The largest absolute Gasteiger partial charge is 0.433 e. The van der Waals surface area contributed by atoms with E-state index < -0.39 is 23.3 Å². The number of primary amides is 1. The SMILES string of the molecule is CCCC(C)(C)Nc1nc(C(F)(F)F)ccc1C(N)=O. The van der Waals surface area contributed by atoms with E-state index in [1.807, 2.05) is 20.8 Å². The molecule has 0 atom stereocenters. The fraction of sp³-hybridized carbons (Fsp3) is 0.538. The van der Waals surface area contributed by atoms with Crippen LogP contribution in [0.5, 0.6) is 0 Å². The summed E-state index contributed by atoms with van der Waals surface area (Å²) in [6.07, 6.45) is -3.02. The normalized spacial score (nSPS) is 12.3. The first-order valence-electron chi connectivity index (χ1n) is 6.23. The number of nitrogens with one attached hydrogen (secondary N) is 1. The third-order valence-corrected chi connectivity index (χ3v) is 2.78. The lowest BCUT2D eigenvalue weighted by atomic mass is 9.98. The van der Waals surface area contributed by atoms with E-state index in [4.69, 9.17) is 5.73 Å². The molecule has 1 aromatic heterocycles. The molecule has 7 heteroatoms. The van der Waals surface area contributed by atoms with Crippen molar-refractivity contribution in [2.75, 3.05) is 5.32 Å². The van der Waals surface area contributed by atoms with Crippen LogP contribution >= 0.6 is 0 Å². The number of nitrogens with zero attached hydrogens (tertiary/aromatic N) is 1. The Kier molecular flexibility index (Phi) is 4.62. The lowest BCUT2D eigenvalue weighted by molar-refractivity contribution is -0.141. The quantitative estimate of drug-likeness (QED) is 0.874. The number of nitrogens with two attached hydrogens (primary N) is 1. The average molecular weight is 289 g/mol. The molecular weight excluding hydrogens is 271 g/mol. The number of alkyl halides is 3. The van der Waals surface area contributed by atoms with Crippen LogP contribution in [0.2, 0.25) is 0 Å². The van der Waals surface area contributed by atoms with Gasteiger partial charge in [-0.3, -0.25) is 4.79 Å². The smallest absolute Gasteiger partial charge is 0.365 e. The van der Waals surface area contributed by atoms with Gasteiger partial charge < -0.3 is 11.1 Å². The van der Waals surface area contributed by atoms with Crippen molar-refractivity contribution < 1.29 is 18.0 Å². The zero-order valence-corrected chi connectivity index (χ0v) is 11.6. The van der Waals surface area contributed by atoms with Crippen molar-refractivity contribution in [2.24, 2.45) is 5.73 Å². The highest BCUT2D eigenvalue weighted by Crippen LogP contribution is 2.30. The third-order valence-electron chi connectivity index (χ3n) is 2.78. The van der Waals surface area contributed by atoms with Crippen molar-refractivity contribution in [3.63, 3.8) is 0 Å². The number of anilines is 1. The molecule has 0 radical (unpaired) electrons. The minimum Gasteiger partial charge on any atom is -0.365 e. The zero-order valence-electron chi connectivity index (χ0n) is 11.6. The van der Waals surface area contributed by atoms with Crippen molar-refractivity contribution in [3.05, 3.63) is 23.4 Å². The molecule has 0 spiro atoms. The summed E-state index contributed by atoms with van der Waals surface area (Å²) in [5.74, 6) is -0.952. The van der Waals surface area contributed by atoms with Crippen LogP contribution in [0.15, 0.2) is 12.1 Å². The van der Waals surface area contributed by atoms with Crippen molar-refractivity contribution in [1.82, 2.24) is 4.98 Å². The van der Waals surface area contributed by atoms with Gasteiger partial charge in [-0.15, -0.1) is 0 Å². The summed E-state index contributed by atoms with van der Waals surface area (Å²) in [7, 11) is 0. The molecule has 0 aliphatic carbocycles. The predicted octanol–water partition coefficient (Wildman–Crippen LogP) is 3.19. The molecule has 1 aromatic rings. The zero-order chi connectivity index (χ0) is 15.6. The van der Waals surface area contributed by atoms with Gasteiger partial charge in [-0.2, -0.15) is 13.2 Å². The first-order chi connectivity index (χ1) is 9.07. The maximum Gasteiger partial charge on any atom is 0.433 e. The average Bonchev–Trinajstić information content (AvgIpc) is 2.26. The molecule has 0 aromatic carbocycles. The number of carbonyl (C=O) groups excluding carboxylic acids is 1. The highest BCUT2D eigenvalue weighted by atomic mass is 19.4. The van der Waals surface area contributed by atoms with Crippen LogP contribution in [-0.4, -0.2) is 16.4 Å². The first-order valence-corrected chi connectivity index (χ1v) is 6.23. The van der Waals surface area contributed by atoms with Crippen LogP contribution in [0, 0.1) is 0 Å². The van der Waals surface area contributed by atoms with Gasteiger partial charge in [0.1, 0.15) is 11.5 Å². The molecule has 0 fully saturated rings. The molecule has 20 heavy (non-hydrogen) atoms. The second-order valence-electron chi connectivity index (χ2n) is 5.21. The van der Waals surface area contributed by atoms with E-state index in [2.05, 4.69) is 10.3 Å². The van der Waals surface area contributed by atoms with E-state index in [9.17, 15) is 18.0 Å². The minimum atomic E-state index is -4.57. The van der Waals surface area contributed by atoms with Crippen LogP contribution in [0.4, 0.5) is 19.0 Å². The molecule has 0 aliphatic heterocycles. The lowest BCUT2D eigenvalue weighted by Crippen LogP contribution is -2.33. The maximum absolute atomic E-state index is 12.7. The minimum absolute atomic E-state index is 0.0535. The molecule has 4 nitrogen and oxygen atoms in total. The van der Waals surface area contributed by atoms with Crippen molar-refractivity contribution in [3.8, 4) is 0 Å². The van der Waals surface area contributed by atoms with Gasteiger partial charge in [-0.05, 0) is 32.4 Å². The topological polar surface area (TPSA) is 68.0 Å². The van der Waals surface area contributed by atoms with Crippen LogP contribution in [0.3, 0.4) is 0 Å². The Balaban J connectivity index is 3.23. The van der Waals surface area contributed by atoms with E-state index >= 15 is 0 Å². The first kappa shape index (κ1) is 16.3. The molecule has 1 amide bonds. The van der Waals surface area contributed by atoms with Gasteiger partial charge >= 0.3 is 6.18 Å². The Bertz CT molecular complexity index is 498.